The second kappa shape index (κ2) is 6.67. The minimum Gasteiger partial charge on any atom is -0.323 e. The van der Waals surface area contributed by atoms with Crippen molar-refractivity contribution in [3.05, 3.63) is 51.7 Å². The van der Waals surface area contributed by atoms with Gasteiger partial charge in [-0.25, -0.2) is 9.78 Å². The van der Waals surface area contributed by atoms with Gasteiger partial charge in [0.25, 0.3) is 5.56 Å². The van der Waals surface area contributed by atoms with E-state index in [4.69, 9.17) is 0 Å². The molecule has 126 valence electrons. The van der Waals surface area contributed by atoms with Gasteiger partial charge in [-0.3, -0.25) is 23.7 Å². The van der Waals surface area contributed by atoms with E-state index in [0.29, 0.717) is 5.69 Å². The fourth-order valence-electron chi connectivity index (χ4n) is 2.31. The van der Waals surface area contributed by atoms with Crippen LogP contribution in [0.2, 0.25) is 0 Å². The van der Waals surface area contributed by atoms with Gasteiger partial charge in [-0.05, 0) is 12.1 Å². The molecule has 9 nitrogen and oxygen atoms in total. The van der Waals surface area contributed by atoms with Crippen LogP contribution in [0.5, 0.6) is 0 Å². The summed E-state index contributed by atoms with van der Waals surface area (Å²) >= 11 is 0. The minimum absolute atomic E-state index is 0. The Morgan fingerprint density at radius 2 is 2.00 bits per heavy atom. The Kier molecular flexibility index (Phi) is 4.84. The first-order valence-corrected chi connectivity index (χ1v) is 6.80. The number of hydrogen-bond donors (Lipinski definition) is 1. The van der Waals surface area contributed by atoms with Gasteiger partial charge in [-0.15, -0.1) is 12.4 Å². The van der Waals surface area contributed by atoms with Crippen molar-refractivity contribution in [1.29, 1.82) is 0 Å². The Morgan fingerprint density at radius 1 is 1.25 bits per heavy atom. The smallest absolute Gasteiger partial charge is 0.323 e. The third-order valence-corrected chi connectivity index (χ3v) is 3.48. The minimum atomic E-state index is -0.491. The highest BCUT2D eigenvalue weighted by molar-refractivity contribution is 5.91. The summed E-state index contributed by atoms with van der Waals surface area (Å²) < 4.78 is 3.68. The first kappa shape index (κ1) is 17.4. The normalized spacial score (nSPS) is 10.4. The van der Waals surface area contributed by atoms with Crippen LogP contribution in [0, 0.1) is 0 Å². The largest absolute Gasteiger partial charge is 0.332 e. The fraction of sp³-hybridized carbons (Fsp3) is 0.214. The predicted molar refractivity (Wildman–Crippen MR) is 90.3 cm³/mol. The average Bonchev–Trinajstić information content (AvgIpc) is 2.95. The molecular weight excluding hydrogens is 336 g/mol. The lowest BCUT2D eigenvalue weighted by atomic mass is 10.4. The number of nitrogens with zero attached hydrogens (tertiary/aromatic N) is 5. The predicted octanol–water partition coefficient (Wildman–Crippen LogP) is -0.111. The summed E-state index contributed by atoms with van der Waals surface area (Å²) in [7, 11) is 2.91. The maximum absolute atomic E-state index is 12.3. The first-order valence-electron chi connectivity index (χ1n) is 6.80. The molecular formula is C14H15ClN6O3. The van der Waals surface area contributed by atoms with Crippen LogP contribution in [-0.2, 0) is 25.4 Å². The van der Waals surface area contributed by atoms with E-state index in [1.165, 1.54) is 35.8 Å². The highest BCUT2D eigenvalue weighted by Gasteiger charge is 2.15. The number of fused-ring (bicyclic) bond motifs is 1. The van der Waals surface area contributed by atoms with E-state index in [-0.39, 0.29) is 36.0 Å². The van der Waals surface area contributed by atoms with Crippen LogP contribution in [0.4, 0.5) is 5.69 Å². The molecule has 3 aromatic heterocycles. The molecule has 1 N–H and O–H groups in total. The van der Waals surface area contributed by atoms with Crippen LogP contribution in [0.3, 0.4) is 0 Å². The molecule has 0 saturated heterocycles. The molecule has 0 aliphatic carbocycles. The number of pyridine rings is 1. The molecule has 0 atom stereocenters. The summed E-state index contributed by atoms with van der Waals surface area (Å²) in [5.41, 5.74) is 0.0489. The second-order valence-electron chi connectivity index (χ2n) is 5.04. The van der Waals surface area contributed by atoms with Crippen LogP contribution < -0.4 is 16.6 Å². The summed E-state index contributed by atoms with van der Waals surface area (Å²) in [5, 5.41) is 2.68. The lowest BCUT2D eigenvalue weighted by Gasteiger charge is -2.07. The number of hydrogen-bond acceptors (Lipinski definition) is 5. The third-order valence-electron chi connectivity index (χ3n) is 3.48. The maximum Gasteiger partial charge on any atom is 0.332 e. The molecule has 0 saturated carbocycles. The highest BCUT2D eigenvalue weighted by atomic mass is 35.5. The van der Waals surface area contributed by atoms with Crippen molar-refractivity contribution in [2.45, 2.75) is 6.54 Å². The number of amides is 1. The standard InChI is InChI=1S/C14H14N6O3.ClH/c1-18-12-11(13(22)19(2)14(18)23)20(8-16-12)7-10(21)17-9-4-3-5-15-6-9;/h3-6,8H,7H2,1-2H3,(H,17,21);1H. The number of rotatable bonds is 3. The van der Waals surface area contributed by atoms with E-state index in [0.717, 1.165) is 4.57 Å². The van der Waals surface area contributed by atoms with Crippen molar-refractivity contribution in [2.75, 3.05) is 5.32 Å². The van der Waals surface area contributed by atoms with E-state index < -0.39 is 11.2 Å². The van der Waals surface area contributed by atoms with Crippen LogP contribution in [0.15, 0.2) is 40.4 Å². The highest BCUT2D eigenvalue weighted by Crippen LogP contribution is 2.07. The molecule has 0 unspecified atom stereocenters. The summed E-state index contributed by atoms with van der Waals surface area (Å²) in [4.78, 5) is 44.2. The fourth-order valence-corrected chi connectivity index (χ4v) is 2.31. The van der Waals surface area contributed by atoms with Gasteiger partial charge in [-0.1, -0.05) is 0 Å². The van der Waals surface area contributed by atoms with E-state index in [1.807, 2.05) is 0 Å². The summed E-state index contributed by atoms with van der Waals surface area (Å²) in [6.07, 6.45) is 4.49. The Balaban J connectivity index is 0.00000208. The van der Waals surface area contributed by atoms with Gasteiger partial charge in [0.05, 0.1) is 18.2 Å². The SMILES string of the molecule is Cl.Cn1c(=O)c2c(ncn2CC(=O)Nc2cccnc2)n(C)c1=O. The third kappa shape index (κ3) is 2.93. The molecule has 3 rings (SSSR count). The van der Waals surface area contributed by atoms with E-state index in [1.54, 1.807) is 18.3 Å². The van der Waals surface area contributed by atoms with Crippen LogP contribution >= 0.6 is 12.4 Å². The van der Waals surface area contributed by atoms with E-state index in [2.05, 4.69) is 15.3 Å². The molecule has 10 heteroatoms. The molecule has 0 radical (unpaired) electrons. The lowest BCUT2D eigenvalue weighted by molar-refractivity contribution is -0.116. The van der Waals surface area contributed by atoms with Crippen LogP contribution in [0.1, 0.15) is 0 Å². The van der Waals surface area contributed by atoms with Crippen molar-refractivity contribution in [3.8, 4) is 0 Å². The van der Waals surface area contributed by atoms with Crippen molar-refractivity contribution in [1.82, 2.24) is 23.7 Å². The molecule has 0 bridgehead atoms. The Bertz CT molecular complexity index is 1010. The molecule has 0 aliphatic heterocycles. The summed E-state index contributed by atoms with van der Waals surface area (Å²) in [6, 6.07) is 3.41. The average molecular weight is 351 g/mol. The zero-order chi connectivity index (χ0) is 16.6. The number of halogens is 1. The molecule has 0 spiro atoms. The molecule has 0 aliphatic rings. The molecule has 0 fully saturated rings. The molecule has 0 aromatic carbocycles. The molecule has 3 heterocycles. The van der Waals surface area contributed by atoms with Gasteiger partial charge in [0.2, 0.25) is 5.91 Å². The number of carbonyl (C=O) groups excluding carboxylic acids is 1. The van der Waals surface area contributed by atoms with Gasteiger partial charge in [0.1, 0.15) is 6.54 Å². The van der Waals surface area contributed by atoms with Crippen molar-refractivity contribution < 1.29 is 4.79 Å². The zero-order valence-corrected chi connectivity index (χ0v) is 13.8. The van der Waals surface area contributed by atoms with Crippen LogP contribution in [-0.4, -0.2) is 29.6 Å². The van der Waals surface area contributed by atoms with Crippen molar-refractivity contribution in [3.63, 3.8) is 0 Å². The number of aryl methyl sites for hydroxylation is 1. The summed E-state index contributed by atoms with van der Waals surface area (Å²) in [5.74, 6) is -0.326. The number of nitrogens with one attached hydrogen (secondary N) is 1. The van der Waals surface area contributed by atoms with Crippen LogP contribution in [0.25, 0.3) is 11.2 Å². The van der Waals surface area contributed by atoms with Gasteiger partial charge in [0.15, 0.2) is 11.2 Å². The zero-order valence-electron chi connectivity index (χ0n) is 13.0. The van der Waals surface area contributed by atoms with Gasteiger partial charge in [-0.2, -0.15) is 0 Å². The van der Waals surface area contributed by atoms with Gasteiger partial charge in [0, 0.05) is 20.3 Å². The van der Waals surface area contributed by atoms with E-state index >= 15 is 0 Å². The number of anilines is 1. The quantitative estimate of drug-likeness (QED) is 0.709. The Labute approximate surface area is 142 Å². The number of imidazole rings is 1. The van der Waals surface area contributed by atoms with Crippen molar-refractivity contribution in [2.24, 2.45) is 14.1 Å². The topological polar surface area (TPSA) is 104 Å². The number of aromatic nitrogens is 5. The maximum atomic E-state index is 12.3. The lowest BCUT2D eigenvalue weighted by Crippen LogP contribution is -2.37. The van der Waals surface area contributed by atoms with Crippen molar-refractivity contribution >= 4 is 35.2 Å². The summed E-state index contributed by atoms with van der Waals surface area (Å²) in [6.45, 7) is -0.0984. The van der Waals surface area contributed by atoms with E-state index in [9.17, 15) is 14.4 Å². The Hall–Kier alpha value is -2.94. The molecule has 1 amide bonds. The Morgan fingerprint density at radius 3 is 2.67 bits per heavy atom. The van der Waals surface area contributed by atoms with Gasteiger partial charge < -0.3 is 9.88 Å². The first-order chi connectivity index (χ1) is 11.0. The monoisotopic (exact) mass is 350 g/mol. The number of carbonyl (C=O) groups is 1. The molecule has 24 heavy (non-hydrogen) atoms. The van der Waals surface area contributed by atoms with Gasteiger partial charge >= 0.3 is 5.69 Å². The molecule has 3 aromatic rings. The second-order valence-corrected chi connectivity index (χ2v) is 5.04.